The van der Waals surface area contributed by atoms with Crippen LogP contribution in [0.5, 0.6) is 5.75 Å². The van der Waals surface area contributed by atoms with E-state index < -0.39 is 10.0 Å². The topological polar surface area (TPSA) is 75.6 Å². The van der Waals surface area contributed by atoms with E-state index in [1.54, 1.807) is 41.1 Å². The van der Waals surface area contributed by atoms with Gasteiger partial charge in [-0.25, -0.2) is 13.4 Å². The zero-order valence-corrected chi connectivity index (χ0v) is 15.1. The Bertz CT molecular complexity index is 921. The van der Waals surface area contributed by atoms with Crippen LogP contribution in [0.2, 0.25) is 0 Å². The maximum absolute atomic E-state index is 13.1. The molecule has 0 bridgehead atoms. The molecule has 1 aromatic carbocycles. The number of hydrogen-bond donors (Lipinski definition) is 0. The van der Waals surface area contributed by atoms with Gasteiger partial charge in [-0.2, -0.15) is 4.31 Å². The monoisotopic (exact) mass is 372 g/mol. The first-order chi connectivity index (χ1) is 12.6. The molecule has 0 N–H and O–H groups in total. The average molecular weight is 372 g/mol. The molecule has 1 aromatic heterocycles. The maximum atomic E-state index is 13.1. The van der Waals surface area contributed by atoms with Crippen molar-refractivity contribution in [3.8, 4) is 5.75 Å². The van der Waals surface area contributed by atoms with E-state index in [2.05, 4.69) is 14.9 Å². The fourth-order valence-corrected chi connectivity index (χ4v) is 5.87. The third-order valence-corrected chi connectivity index (χ3v) is 7.45. The standard InChI is InChI=1S/C18H20N4O3S/c23-26(24,16-1-2-17-13(7-16)3-6-25-17)22-11-14-9-21(10-15(14)12-22)18-8-19-4-5-20-18/h1-2,4-5,7-8,14-15H,3,6,9-12H2. The van der Waals surface area contributed by atoms with Gasteiger partial charge in [0.05, 0.1) is 17.7 Å². The summed E-state index contributed by atoms with van der Waals surface area (Å²) in [7, 11) is -3.45. The van der Waals surface area contributed by atoms with Crippen LogP contribution in [0.25, 0.3) is 0 Å². The molecule has 0 aliphatic carbocycles. The van der Waals surface area contributed by atoms with E-state index in [-0.39, 0.29) is 0 Å². The molecule has 0 spiro atoms. The second-order valence-corrected chi connectivity index (χ2v) is 9.12. The largest absolute Gasteiger partial charge is 0.493 e. The van der Waals surface area contributed by atoms with Crippen LogP contribution in [0.4, 0.5) is 5.82 Å². The molecule has 0 amide bonds. The molecule has 2 fully saturated rings. The lowest BCUT2D eigenvalue weighted by Gasteiger charge is -2.22. The zero-order valence-electron chi connectivity index (χ0n) is 14.3. The average Bonchev–Trinajstić information content (AvgIpc) is 3.36. The summed E-state index contributed by atoms with van der Waals surface area (Å²) in [6, 6.07) is 5.22. The Morgan fingerprint density at radius 3 is 2.62 bits per heavy atom. The van der Waals surface area contributed by atoms with Gasteiger partial charge in [0.2, 0.25) is 10.0 Å². The predicted molar refractivity (Wildman–Crippen MR) is 95.6 cm³/mol. The molecule has 4 heterocycles. The lowest BCUT2D eigenvalue weighted by Crippen LogP contribution is -2.33. The molecule has 26 heavy (non-hydrogen) atoms. The summed E-state index contributed by atoms with van der Waals surface area (Å²) in [6.07, 6.45) is 5.90. The van der Waals surface area contributed by atoms with Gasteiger partial charge >= 0.3 is 0 Å². The van der Waals surface area contributed by atoms with E-state index >= 15 is 0 Å². The summed E-state index contributed by atoms with van der Waals surface area (Å²) >= 11 is 0. The number of ether oxygens (including phenoxy) is 1. The molecule has 0 radical (unpaired) electrons. The Hall–Kier alpha value is -2.19. The predicted octanol–water partition coefficient (Wildman–Crippen LogP) is 1.17. The molecule has 136 valence electrons. The summed E-state index contributed by atoms with van der Waals surface area (Å²) in [6.45, 7) is 3.42. The van der Waals surface area contributed by atoms with Crippen LogP contribution in [-0.4, -0.2) is 55.5 Å². The minimum atomic E-state index is -3.45. The van der Waals surface area contributed by atoms with E-state index in [1.165, 1.54) is 0 Å². The van der Waals surface area contributed by atoms with Gasteiger partial charge in [0.25, 0.3) is 0 Å². The third kappa shape index (κ3) is 2.55. The highest BCUT2D eigenvalue weighted by Crippen LogP contribution is 2.36. The van der Waals surface area contributed by atoms with Crippen LogP contribution in [0.15, 0.2) is 41.7 Å². The summed E-state index contributed by atoms with van der Waals surface area (Å²) in [5.41, 5.74) is 0.985. The van der Waals surface area contributed by atoms with Crippen molar-refractivity contribution in [3.63, 3.8) is 0 Å². The van der Waals surface area contributed by atoms with Crippen molar-refractivity contribution in [3.05, 3.63) is 42.4 Å². The fourth-order valence-electron chi connectivity index (χ4n) is 4.26. The molecule has 2 atom stereocenters. The van der Waals surface area contributed by atoms with Crippen LogP contribution in [0.1, 0.15) is 5.56 Å². The van der Waals surface area contributed by atoms with Crippen LogP contribution < -0.4 is 9.64 Å². The number of anilines is 1. The summed E-state index contributed by atoms with van der Waals surface area (Å²) in [5, 5.41) is 0. The Balaban J connectivity index is 1.33. The SMILES string of the molecule is O=S(=O)(c1ccc2c(c1)CCO2)N1CC2CN(c3cnccn3)CC2C1. The van der Waals surface area contributed by atoms with Gasteiger partial charge < -0.3 is 9.64 Å². The summed E-state index contributed by atoms with van der Waals surface area (Å²) < 4.78 is 33.3. The van der Waals surface area contributed by atoms with Gasteiger partial charge in [-0.1, -0.05) is 0 Å². The summed E-state index contributed by atoms with van der Waals surface area (Å²) in [4.78, 5) is 11.1. The van der Waals surface area contributed by atoms with Crippen LogP contribution in [-0.2, 0) is 16.4 Å². The normalized spacial score (nSPS) is 25.2. The molecule has 3 aliphatic rings. The first-order valence-electron chi connectivity index (χ1n) is 8.88. The van der Waals surface area contributed by atoms with Gasteiger partial charge in [0.1, 0.15) is 11.6 Å². The molecule has 5 rings (SSSR count). The third-order valence-electron chi connectivity index (χ3n) is 5.62. The number of hydrogen-bond acceptors (Lipinski definition) is 6. The molecule has 2 saturated heterocycles. The van der Waals surface area contributed by atoms with E-state index in [4.69, 9.17) is 4.74 Å². The molecular formula is C18H20N4O3S. The lowest BCUT2D eigenvalue weighted by molar-refractivity contribution is 0.356. The van der Waals surface area contributed by atoms with Crippen LogP contribution in [0.3, 0.4) is 0 Å². The molecule has 0 saturated carbocycles. The fraction of sp³-hybridized carbons (Fsp3) is 0.444. The zero-order chi connectivity index (χ0) is 17.7. The minimum Gasteiger partial charge on any atom is -0.493 e. The van der Waals surface area contributed by atoms with E-state index in [0.29, 0.717) is 36.4 Å². The second kappa shape index (κ2) is 5.92. The number of aromatic nitrogens is 2. The molecule has 2 aromatic rings. The molecular weight excluding hydrogens is 352 g/mol. The van der Waals surface area contributed by atoms with Gasteiger partial charge in [0.15, 0.2) is 0 Å². The Labute approximate surface area is 152 Å². The summed E-state index contributed by atoms with van der Waals surface area (Å²) in [5.74, 6) is 2.35. The number of fused-ring (bicyclic) bond motifs is 2. The maximum Gasteiger partial charge on any atom is 0.243 e. The van der Waals surface area contributed by atoms with Gasteiger partial charge in [0, 0.05) is 45.0 Å². The molecule has 7 nitrogen and oxygen atoms in total. The lowest BCUT2D eigenvalue weighted by atomic mass is 10.0. The number of benzene rings is 1. The highest BCUT2D eigenvalue weighted by atomic mass is 32.2. The highest BCUT2D eigenvalue weighted by molar-refractivity contribution is 7.89. The first-order valence-corrected chi connectivity index (χ1v) is 10.3. The Morgan fingerprint density at radius 1 is 1.08 bits per heavy atom. The van der Waals surface area contributed by atoms with E-state index in [9.17, 15) is 8.42 Å². The number of rotatable bonds is 3. The second-order valence-electron chi connectivity index (χ2n) is 7.18. The van der Waals surface area contributed by atoms with Crippen molar-refractivity contribution in [2.24, 2.45) is 11.8 Å². The first kappa shape index (κ1) is 16.0. The Morgan fingerprint density at radius 2 is 1.88 bits per heavy atom. The van der Waals surface area contributed by atoms with E-state index in [1.807, 2.05) is 0 Å². The van der Waals surface area contributed by atoms with Crippen LogP contribution in [0, 0.1) is 11.8 Å². The van der Waals surface area contributed by atoms with E-state index in [0.717, 1.165) is 36.6 Å². The van der Waals surface area contributed by atoms with Gasteiger partial charge in [-0.15, -0.1) is 0 Å². The number of nitrogens with zero attached hydrogens (tertiary/aromatic N) is 4. The van der Waals surface area contributed by atoms with Gasteiger partial charge in [-0.3, -0.25) is 4.98 Å². The number of sulfonamides is 1. The van der Waals surface area contributed by atoms with Crippen molar-refractivity contribution >= 4 is 15.8 Å². The van der Waals surface area contributed by atoms with Crippen molar-refractivity contribution < 1.29 is 13.2 Å². The van der Waals surface area contributed by atoms with Crippen molar-refractivity contribution in [1.29, 1.82) is 0 Å². The van der Waals surface area contributed by atoms with Crippen molar-refractivity contribution in [1.82, 2.24) is 14.3 Å². The van der Waals surface area contributed by atoms with Gasteiger partial charge in [-0.05, 0) is 35.6 Å². The van der Waals surface area contributed by atoms with Crippen LogP contribution >= 0.6 is 0 Å². The highest BCUT2D eigenvalue weighted by Gasteiger charge is 2.44. The Kier molecular flexibility index (Phi) is 3.65. The molecule has 2 unspecified atom stereocenters. The molecule has 3 aliphatic heterocycles. The quantitative estimate of drug-likeness (QED) is 0.805. The smallest absolute Gasteiger partial charge is 0.243 e. The van der Waals surface area contributed by atoms with Crippen molar-refractivity contribution in [2.75, 3.05) is 37.7 Å². The van der Waals surface area contributed by atoms with Crippen molar-refractivity contribution in [2.45, 2.75) is 11.3 Å². The minimum absolute atomic E-state index is 0.338. The molecule has 8 heteroatoms.